The molecule has 4 rings (SSSR count). The normalized spacial score (nSPS) is 18.4. The molecule has 0 saturated heterocycles. The molecule has 2 aliphatic heterocycles. The summed E-state index contributed by atoms with van der Waals surface area (Å²) in [5.74, 6) is 1.38. The van der Waals surface area contributed by atoms with E-state index in [0.29, 0.717) is 49.9 Å². The summed E-state index contributed by atoms with van der Waals surface area (Å²) in [7, 11) is 1.50. The maximum atomic E-state index is 13.1. The van der Waals surface area contributed by atoms with Crippen molar-refractivity contribution in [2.75, 3.05) is 33.4 Å². The van der Waals surface area contributed by atoms with Crippen LogP contribution >= 0.6 is 0 Å². The van der Waals surface area contributed by atoms with Gasteiger partial charge < -0.3 is 24.7 Å². The Kier molecular flexibility index (Phi) is 5.85. The number of para-hydroxylation sites is 1. The summed E-state index contributed by atoms with van der Waals surface area (Å²) in [6.07, 6.45) is 2.35. The molecule has 2 aliphatic rings. The molecule has 7 heteroatoms. The number of hydrogen-bond donors (Lipinski definition) is 2. The van der Waals surface area contributed by atoms with Crippen LogP contribution in [-0.4, -0.2) is 43.8 Å². The van der Waals surface area contributed by atoms with Crippen LogP contribution in [0.15, 0.2) is 35.1 Å². The zero-order chi connectivity index (χ0) is 20.2. The first kappa shape index (κ1) is 19.5. The molecule has 0 unspecified atom stereocenters. The fourth-order valence-electron chi connectivity index (χ4n) is 4.17. The van der Waals surface area contributed by atoms with Gasteiger partial charge in [-0.3, -0.25) is 9.59 Å². The minimum absolute atomic E-state index is 0.130. The minimum Gasteiger partial charge on any atom is -0.496 e. The number of carbonyl (C=O) groups excluding carboxylic acids is 1. The lowest BCUT2D eigenvalue weighted by molar-refractivity contribution is 0.0940. The highest BCUT2D eigenvalue weighted by atomic mass is 16.5. The van der Waals surface area contributed by atoms with Crippen LogP contribution in [0.1, 0.15) is 28.0 Å². The lowest BCUT2D eigenvalue weighted by Gasteiger charge is -2.19. The second-order valence-corrected chi connectivity index (χ2v) is 7.55. The molecular formula is C22H27N3O4. The molecule has 0 saturated carbocycles. The highest BCUT2D eigenvalue weighted by Gasteiger charge is 2.24. The molecule has 0 radical (unpaired) electrons. The molecule has 2 aromatic rings. The van der Waals surface area contributed by atoms with E-state index in [4.69, 9.17) is 9.47 Å². The maximum Gasteiger partial charge on any atom is 0.256 e. The van der Waals surface area contributed by atoms with Gasteiger partial charge in [0.05, 0.1) is 13.7 Å². The van der Waals surface area contributed by atoms with E-state index in [1.54, 1.807) is 4.57 Å². The van der Waals surface area contributed by atoms with Crippen LogP contribution < -0.4 is 25.7 Å². The van der Waals surface area contributed by atoms with E-state index in [1.165, 1.54) is 18.7 Å². The fourth-order valence-corrected chi connectivity index (χ4v) is 4.17. The van der Waals surface area contributed by atoms with Crippen molar-refractivity contribution in [1.82, 2.24) is 15.2 Å². The first-order chi connectivity index (χ1) is 14.2. The SMILES string of the molecule is COc1cc(=O)n2c(c1C(=O)NC[C@@H]1CCOc3ccccc3C1)CCNCC2. The number of pyridine rings is 1. The Labute approximate surface area is 170 Å². The Morgan fingerprint density at radius 2 is 2.21 bits per heavy atom. The second-order valence-electron chi connectivity index (χ2n) is 7.55. The molecule has 1 atom stereocenters. The summed E-state index contributed by atoms with van der Waals surface area (Å²) >= 11 is 0. The predicted molar refractivity (Wildman–Crippen MR) is 110 cm³/mol. The third kappa shape index (κ3) is 4.15. The maximum absolute atomic E-state index is 13.1. The average molecular weight is 397 g/mol. The number of ether oxygens (including phenoxy) is 2. The van der Waals surface area contributed by atoms with E-state index >= 15 is 0 Å². The number of nitrogens with one attached hydrogen (secondary N) is 2. The van der Waals surface area contributed by atoms with E-state index in [2.05, 4.69) is 16.7 Å². The Bertz CT molecular complexity index is 954. The summed E-state index contributed by atoms with van der Waals surface area (Å²) < 4.78 is 12.9. The van der Waals surface area contributed by atoms with Crippen molar-refractivity contribution in [2.45, 2.75) is 25.8 Å². The summed E-state index contributed by atoms with van der Waals surface area (Å²) in [6, 6.07) is 9.48. The number of fused-ring (bicyclic) bond motifs is 2. The third-order valence-electron chi connectivity index (χ3n) is 5.70. The van der Waals surface area contributed by atoms with Crippen LogP contribution in [0.3, 0.4) is 0 Å². The van der Waals surface area contributed by atoms with Gasteiger partial charge in [0.25, 0.3) is 11.5 Å². The molecular weight excluding hydrogens is 370 g/mol. The molecule has 0 spiro atoms. The van der Waals surface area contributed by atoms with Crippen molar-refractivity contribution >= 4 is 5.91 Å². The molecule has 154 valence electrons. The molecule has 1 aromatic heterocycles. The summed E-state index contributed by atoms with van der Waals surface area (Å²) in [5, 5.41) is 6.36. The molecule has 29 heavy (non-hydrogen) atoms. The largest absolute Gasteiger partial charge is 0.496 e. The van der Waals surface area contributed by atoms with Crippen molar-refractivity contribution < 1.29 is 14.3 Å². The number of rotatable bonds is 4. The van der Waals surface area contributed by atoms with Crippen LogP contribution in [0.4, 0.5) is 0 Å². The molecule has 2 N–H and O–H groups in total. The monoisotopic (exact) mass is 397 g/mol. The number of benzene rings is 1. The lowest BCUT2D eigenvalue weighted by Crippen LogP contribution is -2.34. The topological polar surface area (TPSA) is 81.6 Å². The zero-order valence-corrected chi connectivity index (χ0v) is 16.7. The van der Waals surface area contributed by atoms with Crippen molar-refractivity contribution in [3.63, 3.8) is 0 Å². The van der Waals surface area contributed by atoms with Gasteiger partial charge in [-0.05, 0) is 30.4 Å². The van der Waals surface area contributed by atoms with Crippen molar-refractivity contribution in [2.24, 2.45) is 5.92 Å². The van der Waals surface area contributed by atoms with Crippen molar-refractivity contribution in [3.8, 4) is 11.5 Å². The zero-order valence-electron chi connectivity index (χ0n) is 16.7. The van der Waals surface area contributed by atoms with Gasteiger partial charge in [0.1, 0.15) is 17.1 Å². The lowest BCUT2D eigenvalue weighted by atomic mass is 9.96. The van der Waals surface area contributed by atoms with Gasteiger partial charge in [0, 0.05) is 44.4 Å². The van der Waals surface area contributed by atoms with Gasteiger partial charge in [-0.25, -0.2) is 0 Å². The minimum atomic E-state index is -0.189. The van der Waals surface area contributed by atoms with Crippen LogP contribution in [0.5, 0.6) is 11.5 Å². The van der Waals surface area contributed by atoms with Gasteiger partial charge in [-0.15, -0.1) is 0 Å². The first-order valence-electron chi connectivity index (χ1n) is 10.2. The van der Waals surface area contributed by atoms with E-state index in [-0.39, 0.29) is 11.5 Å². The van der Waals surface area contributed by atoms with E-state index in [9.17, 15) is 9.59 Å². The Hall–Kier alpha value is -2.80. The molecule has 7 nitrogen and oxygen atoms in total. The van der Waals surface area contributed by atoms with Gasteiger partial charge in [-0.1, -0.05) is 18.2 Å². The van der Waals surface area contributed by atoms with Crippen LogP contribution in [0.2, 0.25) is 0 Å². The number of nitrogens with zero attached hydrogens (tertiary/aromatic N) is 1. The van der Waals surface area contributed by atoms with E-state index in [1.807, 2.05) is 18.2 Å². The molecule has 0 bridgehead atoms. The third-order valence-corrected chi connectivity index (χ3v) is 5.70. The average Bonchev–Trinajstić information content (AvgIpc) is 3.10. The molecule has 1 aromatic carbocycles. The Morgan fingerprint density at radius 1 is 1.34 bits per heavy atom. The molecule has 1 amide bonds. The Morgan fingerprint density at radius 3 is 3.07 bits per heavy atom. The van der Waals surface area contributed by atoms with E-state index < -0.39 is 0 Å². The quantitative estimate of drug-likeness (QED) is 0.815. The van der Waals surface area contributed by atoms with Gasteiger partial charge in [0.2, 0.25) is 0 Å². The predicted octanol–water partition coefficient (Wildman–Crippen LogP) is 1.37. The standard InChI is InChI=1S/C22H27N3O4/c1-28-19-13-20(26)25-10-9-23-8-6-17(25)21(19)22(27)24-14-15-7-11-29-18-5-3-2-4-16(18)12-15/h2-5,13,15,23H,6-12,14H2,1H3,(H,24,27)/t15-/m1/s1. The number of aromatic nitrogens is 1. The number of carbonyl (C=O) groups is 1. The molecule has 0 fully saturated rings. The highest BCUT2D eigenvalue weighted by molar-refractivity contribution is 5.98. The number of amides is 1. The van der Waals surface area contributed by atoms with Crippen LogP contribution in [0, 0.1) is 5.92 Å². The summed E-state index contributed by atoms with van der Waals surface area (Å²) in [4.78, 5) is 25.6. The second kappa shape index (κ2) is 8.69. The summed E-state index contributed by atoms with van der Waals surface area (Å²) in [6.45, 7) is 3.18. The van der Waals surface area contributed by atoms with E-state index in [0.717, 1.165) is 30.8 Å². The summed E-state index contributed by atoms with van der Waals surface area (Å²) in [5.41, 5.74) is 2.26. The highest BCUT2D eigenvalue weighted by Crippen LogP contribution is 2.27. The van der Waals surface area contributed by atoms with Gasteiger partial charge in [-0.2, -0.15) is 0 Å². The van der Waals surface area contributed by atoms with Crippen molar-refractivity contribution in [1.29, 1.82) is 0 Å². The van der Waals surface area contributed by atoms with Gasteiger partial charge >= 0.3 is 0 Å². The number of methoxy groups -OCH3 is 1. The fraction of sp³-hybridized carbons (Fsp3) is 0.455. The number of hydrogen-bond acceptors (Lipinski definition) is 5. The van der Waals surface area contributed by atoms with Crippen LogP contribution in [0.25, 0.3) is 0 Å². The molecule has 3 heterocycles. The Balaban J connectivity index is 1.54. The van der Waals surface area contributed by atoms with Crippen LogP contribution in [-0.2, 0) is 19.4 Å². The smallest absolute Gasteiger partial charge is 0.256 e. The van der Waals surface area contributed by atoms with Crippen molar-refractivity contribution in [3.05, 3.63) is 57.5 Å². The molecule has 0 aliphatic carbocycles. The van der Waals surface area contributed by atoms with Gasteiger partial charge in [0.15, 0.2) is 0 Å². The first-order valence-corrected chi connectivity index (χ1v) is 10.2.